The fraction of sp³-hybridized carbons (Fsp3) is 0.222. The van der Waals surface area contributed by atoms with Crippen LogP contribution in [0.2, 0.25) is 0 Å². The van der Waals surface area contributed by atoms with Crippen LogP contribution in [-0.2, 0) is 6.54 Å². The van der Waals surface area contributed by atoms with Crippen molar-refractivity contribution in [1.29, 1.82) is 0 Å². The van der Waals surface area contributed by atoms with Crippen LogP contribution in [0.15, 0.2) is 22.9 Å². The maximum Gasteiger partial charge on any atom is 0.433 e. The van der Waals surface area contributed by atoms with E-state index in [0.717, 1.165) is 6.07 Å². The summed E-state index contributed by atoms with van der Waals surface area (Å²) < 4.78 is 4.81. The molecular weight excluding hydrogens is 242 g/mol. The maximum atomic E-state index is 11.9. The van der Waals surface area contributed by atoms with Gasteiger partial charge in [0.2, 0.25) is 0 Å². The van der Waals surface area contributed by atoms with Crippen LogP contribution in [0.1, 0.15) is 16.4 Å². The standard InChI is InChI=1S/C9H9N5O4/c1-13(4-7-10-5-11-12-7)9(15)6-2-3-8(18-6)14(16)17/h2-3,5H,4H2,1H3,(H,10,11,12). The Morgan fingerprint density at radius 1 is 1.61 bits per heavy atom. The first-order valence-electron chi connectivity index (χ1n) is 4.92. The van der Waals surface area contributed by atoms with Crippen LogP contribution in [0.3, 0.4) is 0 Å². The smallest absolute Gasteiger partial charge is 0.395 e. The van der Waals surface area contributed by atoms with Gasteiger partial charge in [-0.3, -0.25) is 20.0 Å². The largest absolute Gasteiger partial charge is 0.433 e. The lowest BCUT2D eigenvalue weighted by Gasteiger charge is -2.13. The van der Waals surface area contributed by atoms with E-state index in [1.165, 1.54) is 24.3 Å². The van der Waals surface area contributed by atoms with Crippen LogP contribution in [0.25, 0.3) is 0 Å². The van der Waals surface area contributed by atoms with Crippen LogP contribution in [-0.4, -0.2) is 38.0 Å². The molecule has 0 spiro atoms. The van der Waals surface area contributed by atoms with E-state index >= 15 is 0 Å². The highest BCUT2D eigenvalue weighted by Gasteiger charge is 2.20. The molecule has 94 valence electrons. The number of hydrogen-bond acceptors (Lipinski definition) is 6. The van der Waals surface area contributed by atoms with Gasteiger partial charge in [-0.15, -0.1) is 0 Å². The first kappa shape index (κ1) is 11.8. The third kappa shape index (κ3) is 2.34. The van der Waals surface area contributed by atoms with E-state index in [9.17, 15) is 14.9 Å². The van der Waals surface area contributed by atoms with Crippen molar-refractivity contribution in [2.75, 3.05) is 7.05 Å². The van der Waals surface area contributed by atoms with Gasteiger partial charge in [-0.1, -0.05) is 0 Å². The van der Waals surface area contributed by atoms with Crippen molar-refractivity contribution in [3.63, 3.8) is 0 Å². The Bertz CT molecular complexity index is 561. The number of H-pyrrole nitrogens is 1. The number of aromatic amines is 1. The number of nitrogens with zero attached hydrogens (tertiary/aromatic N) is 4. The molecule has 0 atom stereocenters. The van der Waals surface area contributed by atoms with Gasteiger partial charge in [0.15, 0.2) is 5.76 Å². The molecule has 0 fully saturated rings. The summed E-state index contributed by atoms with van der Waals surface area (Å²) in [6, 6.07) is 2.40. The van der Waals surface area contributed by atoms with Gasteiger partial charge in [-0.25, -0.2) is 4.98 Å². The Morgan fingerprint density at radius 2 is 2.39 bits per heavy atom. The zero-order valence-electron chi connectivity index (χ0n) is 9.36. The van der Waals surface area contributed by atoms with Crippen molar-refractivity contribution in [3.05, 3.63) is 40.2 Å². The number of furan rings is 1. The molecule has 2 aromatic heterocycles. The summed E-state index contributed by atoms with van der Waals surface area (Å²) in [5, 5.41) is 16.7. The minimum Gasteiger partial charge on any atom is -0.395 e. The van der Waals surface area contributed by atoms with Gasteiger partial charge in [0.1, 0.15) is 17.1 Å². The third-order valence-corrected chi connectivity index (χ3v) is 2.18. The fourth-order valence-electron chi connectivity index (χ4n) is 1.33. The molecule has 18 heavy (non-hydrogen) atoms. The first-order valence-corrected chi connectivity index (χ1v) is 4.92. The average Bonchev–Trinajstić information content (AvgIpc) is 2.98. The summed E-state index contributed by atoms with van der Waals surface area (Å²) in [6.07, 6.45) is 1.32. The Kier molecular flexibility index (Phi) is 3.04. The highest BCUT2D eigenvalue weighted by molar-refractivity contribution is 5.91. The monoisotopic (exact) mass is 251 g/mol. The molecule has 2 aromatic rings. The van der Waals surface area contributed by atoms with Crippen molar-refractivity contribution in [3.8, 4) is 0 Å². The molecule has 0 radical (unpaired) electrons. The zero-order valence-corrected chi connectivity index (χ0v) is 9.36. The first-order chi connectivity index (χ1) is 8.58. The van der Waals surface area contributed by atoms with E-state index in [-0.39, 0.29) is 12.3 Å². The molecule has 0 saturated heterocycles. The number of rotatable bonds is 4. The second-order valence-corrected chi connectivity index (χ2v) is 3.49. The zero-order chi connectivity index (χ0) is 13.1. The van der Waals surface area contributed by atoms with Crippen LogP contribution < -0.4 is 0 Å². The molecule has 0 aromatic carbocycles. The summed E-state index contributed by atoms with van der Waals surface area (Å²) in [4.78, 5) is 26.8. The molecule has 0 unspecified atom stereocenters. The highest BCUT2D eigenvalue weighted by atomic mass is 16.6. The molecule has 0 aliphatic heterocycles. The van der Waals surface area contributed by atoms with E-state index in [4.69, 9.17) is 4.42 Å². The summed E-state index contributed by atoms with van der Waals surface area (Å²) in [5.74, 6) is -0.526. The van der Waals surface area contributed by atoms with E-state index < -0.39 is 16.7 Å². The minimum absolute atomic E-state index is 0.0938. The number of nitro groups is 1. The normalized spacial score (nSPS) is 10.3. The fourth-order valence-corrected chi connectivity index (χ4v) is 1.33. The predicted molar refractivity (Wildman–Crippen MR) is 57.5 cm³/mol. The molecule has 1 N–H and O–H groups in total. The predicted octanol–water partition coefficient (Wildman–Crippen LogP) is 0.578. The van der Waals surface area contributed by atoms with Crippen molar-refractivity contribution >= 4 is 11.8 Å². The molecular formula is C9H9N5O4. The van der Waals surface area contributed by atoms with Gasteiger partial charge >= 0.3 is 5.88 Å². The van der Waals surface area contributed by atoms with E-state index in [1.807, 2.05) is 0 Å². The second-order valence-electron chi connectivity index (χ2n) is 3.49. The number of hydrogen-bond donors (Lipinski definition) is 1. The highest BCUT2D eigenvalue weighted by Crippen LogP contribution is 2.17. The molecule has 0 saturated carbocycles. The number of nitrogens with one attached hydrogen (secondary N) is 1. The van der Waals surface area contributed by atoms with Crippen molar-refractivity contribution in [2.24, 2.45) is 0 Å². The molecule has 0 bridgehead atoms. The molecule has 1 amide bonds. The van der Waals surface area contributed by atoms with E-state index in [2.05, 4.69) is 15.2 Å². The maximum absolute atomic E-state index is 11.9. The molecule has 0 aliphatic rings. The quantitative estimate of drug-likeness (QED) is 0.627. The van der Waals surface area contributed by atoms with Crippen LogP contribution in [0.4, 0.5) is 5.88 Å². The van der Waals surface area contributed by atoms with Crippen molar-refractivity contribution in [1.82, 2.24) is 20.1 Å². The van der Waals surface area contributed by atoms with Gasteiger partial charge in [0, 0.05) is 7.05 Å². The number of carbonyl (C=O) groups excluding carboxylic acids is 1. The Morgan fingerprint density at radius 3 is 2.94 bits per heavy atom. The minimum atomic E-state index is -0.701. The van der Waals surface area contributed by atoms with E-state index in [0.29, 0.717) is 5.82 Å². The summed E-state index contributed by atoms with van der Waals surface area (Å²) in [5.41, 5.74) is 0. The summed E-state index contributed by atoms with van der Waals surface area (Å²) in [7, 11) is 1.53. The second kappa shape index (κ2) is 4.65. The van der Waals surface area contributed by atoms with E-state index in [1.54, 1.807) is 0 Å². The Hall–Kier alpha value is -2.71. The van der Waals surface area contributed by atoms with Crippen molar-refractivity contribution in [2.45, 2.75) is 6.54 Å². The topological polar surface area (TPSA) is 118 Å². The van der Waals surface area contributed by atoms with Gasteiger partial charge in [-0.2, -0.15) is 5.10 Å². The summed E-state index contributed by atoms with van der Waals surface area (Å²) >= 11 is 0. The van der Waals surface area contributed by atoms with Crippen molar-refractivity contribution < 1.29 is 14.1 Å². The average molecular weight is 251 g/mol. The molecule has 9 heteroatoms. The van der Waals surface area contributed by atoms with Gasteiger partial charge in [0.05, 0.1) is 12.6 Å². The summed E-state index contributed by atoms with van der Waals surface area (Å²) in [6.45, 7) is 0.202. The lowest BCUT2D eigenvalue weighted by atomic mass is 10.4. The molecule has 2 rings (SSSR count). The SMILES string of the molecule is CN(Cc1ncn[nH]1)C(=O)c1ccc([N+](=O)[O-])o1. The number of carbonyl (C=O) groups is 1. The third-order valence-electron chi connectivity index (χ3n) is 2.18. The molecule has 2 heterocycles. The Labute approximate surface area is 101 Å². The lowest BCUT2D eigenvalue weighted by molar-refractivity contribution is -0.402. The molecule has 0 aliphatic carbocycles. The molecule has 9 nitrogen and oxygen atoms in total. The van der Waals surface area contributed by atoms with Gasteiger partial charge in [0.25, 0.3) is 5.91 Å². The van der Waals surface area contributed by atoms with Gasteiger partial charge in [-0.05, 0) is 6.07 Å². The van der Waals surface area contributed by atoms with Crippen LogP contribution >= 0.6 is 0 Å². The van der Waals surface area contributed by atoms with Gasteiger partial charge < -0.3 is 9.32 Å². The number of amides is 1. The van der Waals surface area contributed by atoms with Crippen LogP contribution in [0, 0.1) is 10.1 Å². The van der Waals surface area contributed by atoms with Crippen LogP contribution in [0.5, 0.6) is 0 Å². The Balaban J connectivity index is 2.08. The lowest BCUT2D eigenvalue weighted by Crippen LogP contribution is -2.26. The number of aromatic nitrogens is 3.